The SMILES string of the molecule is C[C@H]1CCc2c(sc(NC(=O)CN3CCN(Cc4ccc5c(c4)OCO5)CC3)c2C#N)C1. The van der Waals surface area contributed by atoms with Crippen LogP contribution in [0.2, 0.25) is 0 Å². The van der Waals surface area contributed by atoms with Crippen LogP contribution in [-0.2, 0) is 24.2 Å². The highest BCUT2D eigenvalue weighted by Gasteiger charge is 2.26. The van der Waals surface area contributed by atoms with Gasteiger partial charge >= 0.3 is 0 Å². The molecule has 0 saturated carbocycles. The lowest BCUT2D eigenvalue weighted by Gasteiger charge is -2.34. The molecule has 1 aromatic heterocycles. The number of nitriles is 1. The fourth-order valence-corrected chi connectivity index (χ4v) is 6.11. The molecule has 2 aromatic rings. The molecule has 2 aliphatic heterocycles. The van der Waals surface area contributed by atoms with Gasteiger partial charge in [-0.25, -0.2) is 0 Å². The summed E-state index contributed by atoms with van der Waals surface area (Å²) in [5.74, 6) is 2.24. The number of rotatable bonds is 5. The topological polar surface area (TPSA) is 77.8 Å². The molecule has 1 aromatic carbocycles. The molecule has 0 radical (unpaired) electrons. The first-order chi connectivity index (χ1) is 15.6. The molecule has 5 rings (SSSR count). The minimum Gasteiger partial charge on any atom is -0.454 e. The summed E-state index contributed by atoms with van der Waals surface area (Å²) >= 11 is 1.59. The Morgan fingerprint density at radius 1 is 1.22 bits per heavy atom. The van der Waals surface area contributed by atoms with Gasteiger partial charge in [-0.3, -0.25) is 14.6 Å². The zero-order valence-electron chi connectivity index (χ0n) is 18.4. The highest BCUT2D eigenvalue weighted by molar-refractivity contribution is 7.16. The summed E-state index contributed by atoms with van der Waals surface area (Å²) in [6.07, 6.45) is 3.06. The third kappa shape index (κ3) is 4.46. The molecule has 7 nitrogen and oxygen atoms in total. The van der Waals surface area contributed by atoms with E-state index in [0.29, 0.717) is 24.8 Å². The summed E-state index contributed by atoms with van der Waals surface area (Å²) in [6.45, 7) is 7.29. The first-order valence-electron chi connectivity index (χ1n) is 11.3. The van der Waals surface area contributed by atoms with Gasteiger partial charge in [-0.15, -0.1) is 11.3 Å². The number of nitrogens with one attached hydrogen (secondary N) is 1. The Morgan fingerprint density at radius 2 is 2.00 bits per heavy atom. The summed E-state index contributed by atoms with van der Waals surface area (Å²) in [5.41, 5.74) is 3.04. The molecule has 0 unspecified atom stereocenters. The van der Waals surface area contributed by atoms with Crippen LogP contribution in [0.1, 0.15) is 34.9 Å². The molecule has 3 heterocycles. The van der Waals surface area contributed by atoms with Crippen molar-refractivity contribution in [2.24, 2.45) is 5.92 Å². The van der Waals surface area contributed by atoms with E-state index in [1.165, 1.54) is 10.4 Å². The quantitative estimate of drug-likeness (QED) is 0.751. The standard InChI is InChI=1S/C24H28N4O3S/c1-16-2-4-18-19(12-25)24(32-22(18)10-16)26-23(29)14-28-8-6-27(7-9-28)13-17-3-5-20-21(11-17)31-15-30-20/h3,5,11,16H,2,4,6-10,13-15H2,1H3,(H,26,29)/t16-/m0/s1. The fraction of sp³-hybridized carbons (Fsp3) is 0.500. The van der Waals surface area contributed by atoms with E-state index in [1.54, 1.807) is 11.3 Å². The highest BCUT2D eigenvalue weighted by atomic mass is 32.1. The zero-order chi connectivity index (χ0) is 22.1. The summed E-state index contributed by atoms with van der Waals surface area (Å²) in [6, 6.07) is 8.44. The van der Waals surface area contributed by atoms with Crippen molar-refractivity contribution < 1.29 is 14.3 Å². The van der Waals surface area contributed by atoms with E-state index < -0.39 is 0 Å². The van der Waals surface area contributed by atoms with Gasteiger partial charge in [-0.2, -0.15) is 5.26 Å². The molecule has 1 atom stereocenters. The number of carbonyl (C=O) groups excluding carboxylic acids is 1. The first-order valence-corrected chi connectivity index (χ1v) is 12.1. The zero-order valence-corrected chi connectivity index (χ0v) is 19.2. The van der Waals surface area contributed by atoms with Crippen LogP contribution in [0.3, 0.4) is 0 Å². The molecule has 8 heteroatoms. The lowest BCUT2D eigenvalue weighted by molar-refractivity contribution is -0.117. The Kier molecular flexibility index (Phi) is 6.05. The number of thiophene rings is 1. The Morgan fingerprint density at radius 3 is 2.81 bits per heavy atom. The molecule has 1 saturated heterocycles. The van der Waals surface area contributed by atoms with Crippen molar-refractivity contribution in [2.75, 3.05) is 44.8 Å². The van der Waals surface area contributed by atoms with E-state index in [0.717, 1.165) is 74.0 Å². The number of anilines is 1. The maximum absolute atomic E-state index is 12.7. The monoisotopic (exact) mass is 452 g/mol. The van der Waals surface area contributed by atoms with Crippen molar-refractivity contribution >= 4 is 22.2 Å². The Labute approximate surface area is 192 Å². The van der Waals surface area contributed by atoms with Gasteiger partial charge in [0, 0.05) is 37.6 Å². The Hall–Kier alpha value is -2.60. The predicted octanol–water partition coefficient (Wildman–Crippen LogP) is 3.23. The van der Waals surface area contributed by atoms with Gasteiger partial charge in [-0.05, 0) is 48.4 Å². The van der Waals surface area contributed by atoms with Crippen molar-refractivity contribution in [3.63, 3.8) is 0 Å². The maximum Gasteiger partial charge on any atom is 0.239 e. The number of benzene rings is 1. The fourth-order valence-electron chi connectivity index (χ4n) is 4.73. The summed E-state index contributed by atoms with van der Waals surface area (Å²) in [7, 11) is 0. The second kappa shape index (κ2) is 9.10. The molecule has 168 valence electrons. The van der Waals surface area contributed by atoms with Crippen LogP contribution < -0.4 is 14.8 Å². The largest absolute Gasteiger partial charge is 0.454 e. The number of hydrogen-bond acceptors (Lipinski definition) is 7. The van der Waals surface area contributed by atoms with Crippen molar-refractivity contribution in [3.8, 4) is 17.6 Å². The van der Waals surface area contributed by atoms with Crippen LogP contribution in [0, 0.1) is 17.2 Å². The van der Waals surface area contributed by atoms with E-state index in [1.807, 2.05) is 6.07 Å². The molecule has 32 heavy (non-hydrogen) atoms. The van der Waals surface area contributed by atoms with Gasteiger partial charge in [0.1, 0.15) is 11.1 Å². The third-order valence-corrected chi connectivity index (χ3v) is 7.72. The van der Waals surface area contributed by atoms with Gasteiger partial charge in [0.2, 0.25) is 12.7 Å². The normalized spacial score (nSPS) is 20.6. The highest BCUT2D eigenvalue weighted by Crippen LogP contribution is 2.39. The van der Waals surface area contributed by atoms with Crippen LogP contribution >= 0.6 is 11.3 Å². The Bertz CT molecular complexity index is 1050. The van der Waals surface area contributed by atoms with Gasteiger partial charge in [-0.1, -0.05) is 13.0 Å². The van der Waals surface area contributed by atoms with E-state index in [2.05, 4.69) is 40.2 Å². The van der Waals surface area contributed by atoms with Gasteiger partial charge in [0.15, 0.2) is 11.5 Å². The summed E-state index contributed by atoms with van der Waals surface area (Å²) in [5, 5.41) is 13.4. The molecule has 0 bridgehead atoms. The number of nitrogens with zero attached hydrogens (tertiary/aromatic N) is 3. The molecule has 3 aliphatic rings. The van der Waals surface area contributed by atoms with Crippen molar-refractivity contribution in [2.45, 2.75) is 32.7 Å². The number of hydrogen-bond donors (Lipinski definition) is 1. The van der Waals surface area contributed by atoms with Crippen LogP contribution in [0.15, 0.2) is 18.2 Å². The maximum atomic E-state index is 12.7. The van der Waals surface area contributed by atoms with Crippen LogP contribution in [0.5, 0.6) is 11.5 Å². The number of fused-ring (bicyclic) bond motifs is 2. The molecule has 1 aliphatic carbocycles. The third-order valence-electron chi connectivity index (χ3n) is 6.55. The van der Waals surface area contributed by atoms with Gasteiger partial charge in [0.25, 0.3) is 0 Å². The first kappa shape index (κ1) is 21.3. The lowest BCUT2D eigenvalue weighted by Crippen LogP contribution is -2.48. The van der Waals surface area contributed by atoms with Crippen LogP contribution in [0.25, 0.3) is 0 Å². The molecular formula is C24H28N4O3S. The van der Waals surface area contributed by atoms with Crippen molar-refractivity contribution in [1.82, 2.24) is 9.80 Å². The number of carbonyl (C=O) groups is 1. The Balaban J connectivity index is 1.12. The average molecular weight is 453 g/mol. The molecule has 1 N–H and O–H groups in total. The van der Waals surface area contributed by atoms with E-state index in [4.69, 9.17) is 9.47 Å². The molecule has 1 fully saturated rings. The number of piperazine rings is 1. The van der Waals surface area contributed by atoms with Gasteiger partial charge in [0.05, 0.1) is 12.1 Å². The van der Waals surface area contributed by atoms with Crippen LogP contribution in [0.4, 0.5) is 5.00 Å². The lowest BCUT2D eigenvalue weighted by atomic mass is 9.89. The molecule has 0 spiro atoms. The molecule has 1 amide bonds. The predicted molar refractivity (Wildman–Crippen MR) is 123 cm³/mol. The number of ether oxygens (including phenoxy) is 2. The summed E-state index contributed by atoms with van der Waals surface area (Å²) in [4.78, 5) is 18.6. The smallest absolute Gasteiger partial charge is 0.239 e. The minimum atomic E-state index is -0.0302. The van der Waals surface area contributed by atoms with E-state index >= 15 is 0 Å². The van der Waals surface area contributed by atoms with Gasteiger partial charge < -0.3 is 14.8 Å². The van der Waals surface area contributed by atoms with Crippen molar-refractivity contribution in [3.05, 3.63) is 39.8 Å². The van der Waals surface area contributed by atoms with Crippen molar-refractivity contribution in [1.29, 1.82) is 5.26 Å². The average Bonchev–Trinajstić information content (AvgIpc) is 3.38. The minimum absolute atomic E-state index is 0.0302. The summed E-state index contributed by atoms with van der Waals surface area (Å²) < 4.78 is 10.9. The van der Waals surface area contributed by atoms with Crippen LogP contribution in [-0.4, -0.2) is 55.2 Å². The van der Waals surface area contributed by atoms with E-state index in [9.17, 15) is 10.1 Å². The number of amides is 1. The van der Waals surface area contributed by atoms with E-state index in [-0.39, 0.29) is 5.91 Å². The molecular weight excluding hydrogens is 424 g/mol. The second-order valence-electron chi connectivity index (χ2n) is 8.96. The second-order valence-corrected chi connectivity index (χ2v) is 10.1.